The Balaban J connectivity index is 1.85. The van der Waals surface area contributed by atoms with Gasteiger partial charge in [-0.05, 0) is 46.8 Å². The Morgan fingerprint density at radius 3 is 2.82 bits per heavy atom. The molecular weight excluding hydrogens is 353 g/mol. The Labute approximate surface area is 133 Å². The molecule has 3 aromatic rings. The highest BCUT2D eigenvalue weighted by molar-refractivity contribution is 9.10. The van der Waals surface area contributed by atoms with E-state index in [0.29, 0.717) is 15.7 Å². The van der Waals surface area contributed by atoms with Crippen LogP contribution in [-0.2, 0) is 0 Å². The van der Waals surface area contributed by atoms with E-state index in [0.717, 1.165) is 0 Å². The maximum Gasteiger partial charge on any atom is 0.255 e. The number of rotatable bonds is 3. The van der Waals surface area contributed by atoms with Gasteiger partial charge >= 0.3 is 0 Å². The summed E-state index contributed by atoms with van der Waals surface area (Å²) in [5.74, 6) is -0.935. The number of carbonyl (C=O) groups is 1. The molecule has 0 radical (unpaired) electrons. The summed E-state index contributed by atoms with van der Waals surface area (Å²) in [6, 6.07) is 11.1. The van der Waals surface area contributed by atoms with Gasteiger partial charge in [0.1, 0.15) is 12.1 Å². The second kappa shape index (κ2) is 6.02. The lowest BCUT2D eigenvalue weighted by atomic mass is 10.2. The molecule has 110 valence electrons. The molecule has 6 nitrogen and oxygen atoms in total. The van der Waals surface area contributed by atoms with E-state index in [2.05, 4.69) is 36.8 Å². The highest BCUT2D eigenvalue weighted by Crippen LogP contribution is 2.20. The number of tetrazole rings is 1. The standard InChI is InChI=1S/C14H9BrFN5O/c15-10-4-5-13(12(16)7-10)18-14(22)9-2-1-3-11(6-9)21-8-17-19-20-21/h1-8H,(H,18,22). The van der Waals surface area contributed by atoms with Crippen LogP contribution in [0.15, 0.2) is 53.3 Å². The fraction of sp³-hybridized carbons (Fsp3) is 0. The molecule has 0 aliphatic rings. The van der Waals surface area contributed by atoms with E-state index in [1.165, 1.54) is 23.1 Å². The van der Waals surface area contributed by atoms with Gasteiger partial charge < -0.3 is 5.32 Å². The van der Waals surface area contributed by atoms with Gasteiger partial charge in [0.2, 0.25) is 0 Å². The number of halogens is 2. The van der Waals surface area contributed by atoms with Crippen molar-refractivity contribution in [3.8, 4) is 5.69 Å². The van der Waals surface area contributed by atoms with Gasteiger partial charge in [-0.25, -0.2) is 9.07 Å². The predicted molar refractivity (Wildman–Crippen MR) is 81.2 cm³/mol. The fourth-order valence-electron chi connectivity index (χ4n) is 1.85. The van der Waals surface area contributed by atoms with Crippen molar-refractivity contribution in [3.63, 3.8) is 0 Å². The van der Waals surface area contributed by atoms with Gasteiger partial charge in [-0.1, -0.05) is 22.0 Å². The van der Waals surface area contributed by atoms with E-state index in [1.54, 1.807) is 30.3 Å². The van der Waals surface area contributed by atoms with Gasteiger partial charge in [-0.3, -0.25) is 4.79 Å². The van der Waals surface area contributed by atoms with Crippen molar-refractivity contribution in [2.45, 2.75) is 0 Å². The minimum atomic E-state index is -0.514. The van der Waals surface area contributed by atoms with Crippen molar-refractivity contribution in [2.24, 2.45) is 0 Å². The first-order valence-electron chi connectivity index (χ1n) is 6.23. The molecular formula is C14H9BrFN5O. The van der Waals surface area contributed by atoms with Gasteiger partial charge in [0, 0.05) is 10.0 Å². The fourth-order valence-corrected chi connectivity index (χ4v) is 2.19. The molecule has 0 fully saturated rings. The van der Waals surface area contributed by atoms with Crippen molar-refractivity contribution >= 4 is 27.5 Å². The molecule has 1 amide bonds. The summed E-state index contributed by atoms with van der Waals surface area (Å²) in [5, 5.41) is 13.4. The number of hydrogen-bond acceptors (Lipinski definition) is 4. The zero-order valence-corrected chi connectivity index (χ0v) is 12.7. The first-order chi connectivity index (χ1) is 10.6. The van der Waals surface area contributed by atoms with Gasteiger partial charge in [-0.15, -0.1) is 5.10 Å². The van der Waals surface area contributed by atoms with Crippen LogP contribution in [-0.4, -0.2) is 26.1 Å². The van der Waals surface area contributed by atoms with Gasteiger partial charge in [0.25, 0.3) is 5.91 Å². The molecule has 0 spiro atoms. The monoisotopic (exact) mass is 361 g/mol. The van der Waals surface area contributed by atoms with E-state index in [9.17, 15) is 9.18 Å². The van der Waals surface area contributed by atoms with Crippen LogP contribution < -0.4 is 5.32 Å². The summed E-state index contributed by atoms with van der Waals surface area (Å²) < 4.78 is 15.8. The van der Waals surface area contributed by atoms with Crippen molar-refractivity contribution in [2.75, 3.05) is 5.32 Å². The Bertz CT molecular complexity index is 822. The lowest BCUT2D eigenvalue weighted by molar-refractivity contribution is 0.102. The number of aromatic nitrogens is 4. The summed E-state index contributed by atoms with van der Waals surface area (Å²) in [7, 11) is 0. The Morgan fingerprint density at radius 1 is 1.23 bits per heavy atom. The predicted octanol–water partition coefficient (Wildman–Crippen LogP) is 2.82. The number of anilines is 1. The zero-order chi connectivity index (χ0) is 15.5. The van der Waals surface area contributed by atoms with Crippen LogP contribution in [0.25, 0.3) is 5.69 Å². The third-order valence-corrected chi connectivity index (χ3v) is 3.39. The van der Waals surface area contributed by atoms with Crippen LogP contribution in [0.1, 0.15) is 10.4 Å². The average Bonchev–Trinajstić information content (AvgIpc) is 3.04. The second-order valence-corrected chi connectivity index (χ2v) is 5.30. The minimum Gasteiger partial charge on any atom is -0.319 e. The number of hydrogen-bond donors (Lipinski definition) is 1. The topological polar surface area (TPSA) is 72.7 Å². The quantitative estimate of drug-likeness (QED) is 0.778. The average molecular weight is 362 g/mol. The second-order valence-electron chi connectivity index (χ2n) is 4.38. The third-order valence-electron chi connectivity index (χ3n) is 2.90. The van der Waals surface area contributed by atoms with Crippen molar-refractivity contribution in [1.29, 1.82) is 0 Å². The van der Waals surface area contributed by atoms with E-state index in [1.807, 2.05) is 0 Å². The lowest BCUT2D eigenvalue weighted by Crippen LogP contribution is -2.13. The van der Waals surface area contributed by atoms with Crippen LogP contribution in [0.4, 0.5) is 10.1 Å². The molecule has 1 aromatic heterocycles. The molecule has 0 saturated heterocycles. The van der Waals surface area contributed by atoms with Crippen molar-refractivity contribution < 1.29 is 9.18 Å². The maximum absolute atomic E-state index is 13.8. The molecule has 8 heteroatoms. The Hall–Kier alpha value is -2.61. The zero-order valence-electron chi connectivity index (χ0n) is 11.1. The normalized spacial score (nSPS) is 10.5. The van der Waals surface area contributed by atoms with Crippen LogP contribution in [0.2, 0.25) is 0 Å². The van der Waals surface area contributed by atoms with E-state index >= 15 is 0 Å². The summed E-state index contributed by atoms with van der Waals surface area (Å²) in [5.41, 5.74) is 1.12. The van der Waals surface area contributed by atoms with Crippen molar-refractivity contribution in [1.82, 2.24) is 20.2 Å². The SMILES string of the molecule is O=C(Nc1ccc(Br)cc1F)c1cccc(-n2cnnn2)c1. The summed E-state index contributed by atoms with van der Waals surface area (Å²) in [6.07, 6.45) is 1.42. The number of carbonyl (C=O) groups excluding carboxylic acids is 1. The summed E-state index contributed by atoms with van der Waals surface area (Å²) in [6.45, 7) is 0. The number of amides is 1. The van der Waals surface area contributed by atoms with Gasteiger partial charge in [0.05, 0.1) is 11.4 Å². The van der Waals surface area contributed by atoms with E-state index in [4.69, 9.17) is 0 Å². The number of nitrogens with zero attached hydrogens (tertiary/aromatic N) is 4. The van der Waals surface area contributed by atoms with Gasteiger partial charge in [-0.2, -0.15) is 0 Å². The minimum absolute atomic E-state index is 0.112. The number of nitrogens with one attached hydrogen (secondary N) is 1. The smallest absolute Gasteiger partial charge is 0.255 e. The lowest BCUT2D eigenvalue weighted by Gasteiger charge is -2.08. The number of benzene rings is 2. The first-order valence-corrected chi connectivity index (χ1v) is 7.02. The maximum atomic E-state index is 13.8. The first kappa shape index (κ1) is 14.3. The molecule has 0 unspecified atom stereocenters. The van der Waals surface area contributed by atoms with Crippen LogP contribution >= 0.6 is 15.9 Å². The molecule has 1 N–H and O–H groups in total. The molecule has 2 aromatic carbocycles. The third kappa shape index (κ3) is 3.01. The van der Waals surface area contributed by atoms with Gasteiger partial charge in [0.15, 0.2) is 0 Å². The largest absolute Gasteiger partial charge is 0.319 e. The molecule has 0 aliphatic heterocycles. The Kier molecular flexibility index (Phi) is 3.92. The Morgan fingerprint density at radius 2 is 2.09 bits per heavy atom. The van der Waals surface area contributed by atoms with Crippen LogP contribution in [0, 0.1) is 5.82 Å². The van der Waals surface area contributed by atoms with E-state index in [-0.39, 0.29) is 5.69 Å². The molecule has 3 rings (SSSR count). The van der Waals surface area contributed by atoms with Crippen LogP contribution in [0.5, 0.6) is 0 Å². The highest BCUT2D eigenvalue weighted by atomic mass is 79.9. The summed E-state index contributed by atoms with van der Waals surface area (Å²) >= 11 is 3.16. The van der Waals surface area contributed by atoms with Crippen molar-refractivity contribution in [3.05, 3.63) is 64.6 Å². The molecule has 0 atom stereocenters. The summed E-state index contributed by atoms with van der Waals surface area (Å²) in [4.78, 5) is 12.2. The molecule has 0 aliphatic carbocycles. The van der Waals surface area contributed by atoms with E-state index < -0.39 is 11.7 Å². The molecule has 1 heterocycles. The van der Waals surface area contributed by atoms with Crippen LogP contribution in [0.3, 0.4) is 0 Å². The highest BCUT2D eigenvalue weighted by Gasteiger charge is 2.11. The molecule has 0 bridgehead atoms. The molecule has 22 heavy (non-hydrogen) atoms. The molecule has 0 saturated carbocycles.